The Labute approximate surface area is 120 Å². The molecular weight excluding hydrogens is 252 g/mol. The van der Waals surface area contributed by atoms with Crippen molar-refractivity contribution < 1.29 is 9.90 Å². The van der Waals surface area contributed by atoms with Crippen molar-refractivity contribution in [2.45, 2.75) is 33.1 Å². The Kier molecular flexibility index (Phi) is 4.65. The van der Waals surface area contributed by atoms with Gasteiger partial charge < -0.3 is 15.3 Å². The van der Waals surface area contributed by atoms with Crippen LogP contribution in [0.25, 0.3) is 0 Å². The third-order valence-corrected chi connectivity index (χ3v) is 4.21. The quantitative estimate of drug-likeness (QED) is 0.840. The molecule has 1 aromatic carbocycles. The summed E-state index contributed by atoms with van der Waals surface area (Å²) in [6, 6.07) is 7.90. The van der Waals surface area contributed by atoms with Crippen LogP contribution in [0, 0.1) is 5.41 Å². The zero-order chi connectivity index (χ0) is 14.6. The summed E-state index contributed by atoms with van der Waals surface area (Å²) in [4.78, 5) is 13.8. The zero-order valence-electron chi connectivity index (χ0n) is 12.4. The molecule has 0 aromatic heterocycles. The fraction of sp³-hybridized carbons (Fsp3) is 0.562. The van der Waals surface area contributed by atoms with Crippen LogP contribution in [0.1, 0.15) is 33.1 Å². The number of carbonyl (C=O) groups excluding carboxylic acids is 1. The first-order valence-corrected chi connectivity index (χ1v) is 7.34. The maximum absolute atomic E-state index is 11.9. The van der Waals surface area contributed by atoms with Gasteiger partial charge in [0.25, 0.3) is 0 Å². The van der Waals surface area contributed by atoms with Crippen molar-refractivity contribution in [1.82, 2.24) is 0 Å². The minimum Gasteiger partial charge on any atom is -0.396 e. The minimum absolute atomic E-state index is 0.137. The van der Waals surface area contributed by atoms with Gasteiger partial charge in [0.2, 0.25) is 5.91 Å². The number of benzene rings is 1. The molecule has 1 atom stereocenters. The van der Waals surface area contributed by atoms with Crippen LogP contribution in [0.4, 0.5) is 11.4 Å². The van der Waals surface area contributed by atoms with E-state index < -0.39 is 0 Å². The van der Waals surface area contributed by atoms with Crippen LogP contribution in [0.15, 0.2) is 24.3 Å². The van der Waals surface area contributed by atoms with E-state index in [4.69, 9.17) is 0 Å². The fourth-order valence-electron chi connectivity index (χ4n) is 2.36. The highest BCUT2D eigenvalue weighted by Gasteiger charge is 2.25. The van der Waals surface area contributed by atoms with Crippen molar-refractivity contribution in [1.29, 1.82) is 0 Å². The molecule has 0 bridgehead atoms. The Bertz CT molecular complexity index is 469. The summed E-state index contributed by atoms with van der Waals surface area (Å²) in [5.74, 6) is 0.194. The number of carbonyl (C=O) groups is 1. The SMILES string of the molecule is CCC(C)(CO)CNc1ccccc1N1CCCC1=O. The molecule has 20 heavy (non-hydrogen) atoms. The molecule has 1 saturated heterocycles. The van der Waals surface area contributed by atoms with Gasteiger partial charge in [-0.15, -0.1) is 0 Å². The van der Waals surface area contributed by atoms with Crippen LogP contribution >= 0.6 is 0 Å². The second kappa shape index (κ2) is 6.27. The average Bonchev–Trinajstić information content (AvgIpc) is 2.91. The molecule has 2 N–H and O–H groups in total. The molecule has 1 heterocycles. The Balaban J connectivity index is 2.14. The summed E-state index contributed by atoms with van der Waals surface area (Å²) in [6.07, 6.45) is 2.47. The van der Waals surface area contributed by atoms with Crippen molar-refractivity contribution >= 4 is 17.3 Å². The summed E-state index contributed by atoms with van der Waals surface area (Å²) >= 11 is 0. The van der Waals surface area contributed by atoms with Crippen LogP contribution in [0.5, 0.6) is 0 Å². The van der Waals surface area contributed by atoms with Crippen LogP contribution < -0.4 is 10.2 Å². The Morgan fingerprint density at radius 3 is 2.75 bits per heavy atom. The Morgan fingerprint density at radius 2 is 2.15 bits per heavy atom. The van der Waals surface area contributed by atoms with Crippen molar-refractivity contribution in [2.24, 2.45) is 5.41 Å². The lowest BCUT2D eigenvalue weighted by Crippen LogP contribution is -2.31. The van der Waals surface area contributed by atoms with Crippen LogP contribution in [-0.2, 0) is 4.79 Å². The Hall–Kier alpha value is -1.55. The van der Waals surface area contributed by atoms with Gasteiger partial charge in [-0.05, 0) is 25.0 Å². The molecule has 1 amide bonds. The molecule has 4 heteroatoms. The smallest absolute Gasteiger partial charge is 0.227 e. The van der Waals surface area contributed by atoms with Crippen molar-refractivity contribution in [3.05, 3.63) is 24.3 Å². The predicted molar refractivity (Wildman–Crippen MR) is 82.0 cm³/mol. The first-order chi connectivity index (χ1) is 9.59. The summed E-state index contributed by atoms with van der Waals surface area (Å²) in [5.41, 5.74) is 1.78. The van der Waals surface area contributed by atoms with E-state index in [1.54, 1.807) is 0 Å². The number of aliphatic hydroxyl groups is 1. The van der Waals surface area contributed by atoms with E-state index in [-0.39, 0.29) is 17.9 Å². The van der Waals surface area contributed by atoms with Gasteiger partial charge in [0.15, 0.2) is 0 Å². The van der Waals surface area contributed by atoms with Crippen molar-refractivity contribution in [3.63, 3.8) is 0 Å². The zero-order valence-corrected chi connectivity index (χ0v) is 12.4. The van der Waals surface area contributed by atoms with Gasteiger partial charge >= 0.3 is 0 Å². The first-order valence-electron chi connectivity index (χ1n) is 7.34. The van der Waals surface area contributed by atoms with Gasteiger partial charge in [0, 0.05) is 24.9 Å². The Morgan fingerprint density at radius 1 is 1.40 bits per heavy atom. The monoisotopic (exact) mass is 276 g/mol. The fourth-order valence-corrected chi connectivity index (χ4v) is 2.36. The molecule has 0 radical (unpaired) electrons. The number of rotatable bonds is 6. The number of amides is 1. The van der Waals surface area contributed by atoms with Gasteiger partial charge in [0.05, 0.1) is 18.0 Å². The summed E-state index contributed by atoms with van der Waals surface area (Å²) in [6.45, 7) is 5.78. The number of hydrogen-bond acceptors (Lipinski definition) is 3. The highest BCUT2D eigenvalue weighted by atomic mass is 16.3. The van der Waals surface area contributed by atoms with E-state index in [0.717, 1.165) is 30.8 Å². The number of nitrogens with zero attached hydrogens (tertiary/aromatic N) is 1. The third kappa shape index (κ3) is 3.12. The van der Waals surface area contributed by atoms with E-state index in [0.29, 0.717) is 13.0 Å². The van der Waals surface area contributed by atoms with Gasteiger partial charge in [0.1, 0.15) is 0 Å². The van der Waals surface area contributed by atoms with E-state index in [1.165, 1.54) is 0 Å². The maximum Gasteiger partial charge on any atom is 0.227 e. The van der Waals surface area contributed by atoms with Gasteiger partial charge in [-0.3, -0.25) is 4.79 Å². The highest BCUT2D eigenvalue weighted by molar-refractivity contribution is 5.98. The number of anilines is 2. The second-order valence-electron chi connectivity index (χ2n) is 5.84. The number of para-hydroxylation sites is 2. The molecule has 110 valence electrons. The van der Waals surface area contributed by atoms with Crippen molar-refractivity contribution in [3.8, 4) is 0 Å². The molecule has 2 rings (SSSR count). The van der Waals surface area contributed by atoms with E-state index in [1.807, 2.05) is 29.2 Å². The largest absolute Gasteiger partial charge is 0.396 e. The second-order valence-corrected chi connectivity index (χ2v) is 5.84. The molecule has 1 aromatic rings. The van der Waals surface area contributed by atoms with E-state index in [2.05, 4.69) is 19.2 Å². The van der Waals surface area contributed by atoms with Crippen molar-refractivity contribution in [2.75, 3.05) is 29.9 Å². The maximum atomic E-state index is 11.9. The van der Waals surface area contributed by atoms with Crippen LogP contribution in [-0.4, -0.2) is 30.7 Å². The topological polar surface area (TPSA) is 52.6 Å². The molecule has 0 spiro atoms. The van der Waals surface area contributed by atoms with Crippen LogP contribution in [0.2, 0.25) is 0 Å². The molecule has 1 aliphatic heterocycles. The van der Waals surface area contributed by atoms with Crippen LogP contribution in [0.3, 0.4) is 0 Å². The van der Waals surface area contributed by atoms with E-state index in [9.17, 15) is 9.90 Å². The van der Waals surface area contributed by atoms with E-state index >= 15 is 0 Å². The normalized spacial score (nSPS) is 18.1. The number of aliphatic hydroxyl groups excluding tert-OH is 1. The summed E-state index contributed by atoms with van der Waals surface area (Å²) in [5, 5.41) is 12.9. The lowest BCUT2D eigenvalue weighted by atomic mass is 9.88. The molecule has 1 unspecified atom stereocenters. The first kappa shape index (κ1) is 14.9. The molecular formula is C16H24N2O2. The molecule has 0 aliphatic carbocycles. The van der Waals surface area contributed by atoms with Gasteiger partial charge in [-0.25, -0.2) is 0 Å². The highest BCUT2D eigenvalue weighted by Crippen LogP contribution is 2.30. The predicted octanol–water partition coefficient (Wildman–Crippen LogP) is 2.63. The standard InChI is InChI=1S/C16H24N2O2/c1-3-16(2,12-19)11-17-13-7-4-5-8-14(13)18-10-6-9-15(18)20/h4-5,7-8,17,19H,3,6,9-12H2,1-2H3. The molecule has 1 aliphatic rings. The number of hydrogen-bond donors (Lipinski definition) is 2. The third-order valence-electron chi connectivity index (χ3n) is 4.21. The summed E-state index contributed by atoms with van der Waals surface area (Å²) in [7, 11) is 0. The van der Waals surface area contributed by atoms with Gasteiger partial charge in [-0.1, -0.05) is 26.0 Å². The average molecular weight is 276 g/mol. The minimum atomic E-state index is -0.137. The molecule has 4 nitrogen and oxygen atoms in total. The molecule has 1 fully saturated rings. The molecule has 0 saturated carbocycles. The lowest BCUT2D eigenvalue weighted by Gasteiger charge is -2.28. The van der Waals surface area contributed by atoms with Gasteiger partial charge in [-0.2, -0.15) is 0 Å². The summed E-state index contributed by atoms with van der Waals surface area (Å²) < 4.78 is 0. The number of nitrogens with one attached hydrogen (secondary N) is 1. The lowest BCUT2D eigenvalue weighted by molar-refractivity contribution is -0.117.